The van der Waals surface area contributed by atoms with Crippen LogP contribution in [-0.4, -0.2) is 48.3 Å². The molecule has 1 saturated heterocycles. The third kappa shape index (κ3) is 3.51. The van der Waals surface area contributed by atoms with E-state index in [1.54, 1.807) is 12.1 Å². The number of nitrogens with one attached hydrogen (secondary N) is 1. The third-order valence-corrected chi connectivity index (χ3v) is 4.48. The fourth-order valence-corrected chi connectivity index (χ4v) is 3.25. The minimum Gasteiger partial charge on any atom is -0.486 e. The second-order valence-corrected chi connectivity index (χ2v) is 6.59. The zero-order valence-corrected chi connectivity index (χ0v) is 14.0. The molecule has 1 aromatic carbocycles. The predicted octanol–water partition coefficient (Wildman–Crippen LogP) is 2.69. The molecule has 24 heavy (non-hydrogen) atoms. The SMILES string of the molecule is CC1CC(C(=O)O)CN(C(=O)Nc2cc3c(cc2Cl)OCCO3)C1. The van der Waals surface area contributed by atoms with Gasteiger partial charge in [-0.3, -0.25) is 4.79 Å². The molecule has 7 nitrogen and oxygen atoms in total. The number of carbonyl (C=O) groups excluding carboxylic acids is 1. The Morgan fingerprint density at radius 3 is 2.58 bits per heavy atom. The number of fused-ring (bicyclic) bond motifs is 1. The van der Waals surface area contributed by atoms with Gasteiger partial charge in [-0.15, -0.1) is 0 Å². The molecule has 0 aromatic heterocycles. The average Bonchev–Trinajstić information content (AvgIpc) is 2.54. The summed E-state index contributed by atoms with van der Waals surface area (Å²) in [5.74, 6) is -0.230. The Labute approximate surface area is 144 Å². The molecule has 2 aliphatic rings. The Hall–Kier alpha value is -2.15. The van der Waals surface area contributed by atoms with Gasteiger partial charge in [-0.1, -0.05) is 18.5 Å². The van der Waals surface area contributed by atoms with Gasteiger partial charge in [0.2, 0.25) is 0 Å². The summed E-state index contributed by atoms with van der Waals surface area (Å²) in [7, 11) is 0. The largest absolute Gasteiger partial charge is 0.486 e. The normalized spacial score (nSPS) is 22.8. The van der Waals surface area contributed by atoms with Crippen molar-refractivity contribution in [3.8, 4) is 11.5 Å². The molecular formula is C16H19ClN2O5. The maximum absolute atomic E-state index is 12.5. The molecule has 0 radical (unpaired) electrons. The summed E-state index contributed by atoms with van der Waals surface area (Å²) in [5, 5.41) is 12.3. The lowest BCUT2D eigenvalue weighted by Gasteiger charge is -2.34. The highest BCUT2D eigenvalue weighted by Gasteiger charge is 2.32. The molecule has 1 fully saturated rings. The molecule has 2 aliphatic heterocycles. The van der Waals surface area contributed by atoms with Crippen molar-refractivity contribution < 1.29 is 24.2 Å². The number of hydrogen-bond acceptors (Lipinski definition) is 4. The summed E-state index contributed by atoms with van der Waals surface area (Å²) < 4.78 is 10.9. The highest BCUT2D eigenvalue weighted by molar-refractivity contribution is 6.34. The number of carbonyl (C=O) groups is 2. The Bertz CT molecular complexity index is 666. The molecule has 2 unspecified atom stereocenters. The summed E-state index contributed by atoms with van der Waals surface area (Å²) in [4.78, 5) is 25.2. The van der Waals surface area contributed by atoms with E-state index in [9.17, 15) is 14.7 Å². The van der Waals surface area contributed by atoms with Gasteiger partial charge < -0.3 is 24.8 Å². The first-order chi connectivity index (χ1) is 11.4. The van der Waals surface area contributed by atoms with Crippen LogP contribution in [0.15, 0.2) is 12.1 Å². The highest BCUT2D eigenvalue weighted by atomic mass is 35.5. The number of likely N-dealkylation sites (tertiary alicyclic amines) is 1. The number of anilines is 1. The van der Waals surface area contributed by atoms with Gasteiger partial charge in [-0.05, 0) is 12.3 Å². The zero-order chi connectivity index (χ0) is 17.3. The van der Waals surface area contributed by atoms with E-state index >= 15 is 0 Å². The second kappa shape index (κ2) is 6.76. The standard InChI is InChI=1S/C16H19ClN2O5/c1-9-4-10(15(20)21)8-19(7-9)16(22)18-12-6-14-13(5-11(12)17)23-2-3-24-14/h5-6,9-10H,2-4,7-8H2,1H3,(H,18,22)(H,20,21). The fraction of sp³-hybridized carbons (Fsp3) is 0.500. The predicted molar refractivity (Wildman–Crippen MR) is 87.9 cm³/mol. The molecule has 8 heteroatoms. The van der Waals surface area contributed by atoms with Crippen molar-refractivity contribution in [2.45, 2.75) is 13.3 Å². The molecular weight excluding hydrogens is 336 g/mol. The number of aliphatic carboxylic acids is 1. The molecule has 1 aromatic rings. The molecule has 2 N–H and O–H groups in total. The van der Waals surface area contributed by atoms with Crippen molar-refractivity contribution in [1.82, 2.24) is 4.90 Å². The molecule has 0 saturated carbocycles. The first-order valence-electron chi connectivity index (χ1n) is 7.82. The van der Waals surface area contributed by atoms with E-state index < -0.39 is 11.9 Å². The van der Waals surface area contributed by atoms with Crippen molar-refractivity contribution in [3.05, 3.63) is 17.2 Å². The van der Waals surface area contributed by atoms with E-state index in [4.69, 9.17) is 21.1 Å². The van der Waals surface area contributed by atoms with Crippen LogP contribution in [0, 0.1) is 11.8 Å². The minimum absolute atomic E-state index is 0.126. The minimum atomic E-state index is -0.878. The van der Waals surface area contributed by atoms with E-state index in [1.165, 1.54) is 4.90 Å². The number of hydrogen-bond donors (Lipinski definition) is 2. The van der Waals surface area contributed by atoms with Gasteiger partial charge in [0.15, 0.2) is 11.5 Å². The quantitative estimate of drug-likeness (QED) is 0.852. The number of amides is 2. The number of ether oxygens (including phenoxy) is 2. The summed E-state index contributed by atoms with van der Waals surface area (Å²) in [6.45, 7) is 3.53. The molecule has 3 rings (SSSR count). The summed E-state index contributed by atoms with van der Waals surface area (Å²) in [6, 6.07) is 2.85. The fourth-order valence-electron chi connectivity index (χ4n) is 3.05. The maximum atomic E-state index is 12.5. The molecule has 0 bridgehead atoms. The van der Waals surface area contributed by atoms with Gasteiger partial charge in [0.25, 0.3) is 0 Å². The van der Waals surface area contributed by atoms with Crippen LogP contribution in [0.25, 0.3) is 0 Å². The molecule has 130 valence electrons. The lowest BCUT2D eigenvalue weighted by atomic mass is 9.91. The van der Waals surface area contributed by atoms with Crippen molar-refractivity contribution >= 4 is 29.3 Å². The Morgan fingerprint density at radius 2 is 1.92 bits per heavy atom. The third-order valence-electron chi connectivity index (χ3n) is 4.17. The van der Waals surface area contributed by atoms with E-state index in [0.29, 0.717) is 48.4 Å². The number of nitrogens with zero attached hydrogens (tertiary/aromatic N) is 1. The molecule has 0 spiro atoms. The summed E-state index contributed by atoms with van der Waals surface area (Å²) in [5.41, 5.74) is 0.413. The molecule has 2 atom stereocenters. The van der Waals surface area contributed by atoms with Gasteiger partial charge in [-0.2, -0.15) is 0 Å². The van der Waals surface area contributed by atoms with Crippen LogP contribution in [0.3, 0.4) is 0 Å². The van der Waals surface area contributed by atoms with Crippen molar-refractivity contribution in [2.24, 2.45) is 11.8 Å². The second-order valence-electron chi connectivity index (χ2n) is 6.19. The Morgan fingerprint density at radius 1 is 1.25 bits per heavy atom. The molecule has 2 heterocycles. The van der Waals surface area contributed by atoms with Crippen LogP contribution in [0.2, 0.25) is 5.02 Å². The van der Waals surface area contributed by atoms with Crippen molar-refractivity contribution in [1.29, 1.82) is 0 Å². The summed E-state index contributed by atoms with van der Waals surface area (Å²) in [6.07, 6.45) is 0.573. The van der Waals surface area contributed by atoms with E-state index in [1.807, 2.05) is 6.92 Å². The van der Waals surface area contributed by atoms with Gasteiger partial charge in [0, 0.05) is 25.2 Å². The van der Waals surface area contributed by atoms with Gasteiger partial charge in [0.1, 0.15) is 13.2 Å². The van der Waals surface area contributed by atoms with Gasteiger partial charge in [0.05, 0.1) is 16.6 Å². The van der Waals surface area contributed by atoms with Gasteiger partial charge in [-0.25, -0.2) is 4.79 Å². The van der Waals surface area contributed by atoms with E-state index in [0.717, 1.165) is 0 Å². The summed E-state index contributed by atoms with van der Waals surface area (Å²) >= 11 is 6.19. The smallest absolute Gasteiger partial charge is 0.321 e. The van der Waals surface area contributed by atoms with Crippen LogP contribution in [0.5, 0.6) is 11.5 Å². The first-order valence-corrected chi connectivity index (χ1v) is 8.19. The first kappa shape index (κ1) is 16.7. The maximum Gasteiger partial charge on any atom is 0.321 e. The van der Waals surface area contributed by atoms with Crippen LogP contribution < -0.4 is 14.8 Å². The molecule has 0 aliphatic carbocycles. The van der Waals surface area contributed by atoms with Crippen molar-refractivity contribution in [3.63, 3.8) is 0 Å². The number of carboxylic acids is 1. The monoisotopic (exact) mass is 354 g/mol. The van der Waals surface area contributed by atoms with Crippen LogP contribution in [0.4, 0.5) is 10.5 Å². The number of benzene rings is 1. The highest BCUT2D eigenvalue weighted by Crippen LogP contribution is 2.38. The number of rotatable bonds is 2. The molecule has 2 amide bonds. The lowest BCUT2D eigenvalue weighted by molar-refractivity contribution is -0.143. The van der Waals surface area contributed by atoms with E-state index in [2.05, 4.69) is 5.32 Å². The van der Waals surface area contributed by atoms with Crippen LogP contribution >= 0.6 is 11.6 Å². The number of piperidine rings is 1. The van der Waals surface area contributed by atoms with Gasteiger partial charge >= 0.3 is 12.0 Å². The Kier molecular flexibility index (Phi) is 4.71. The number of urea groups is 1. The average molecular weight is 355 g/mol. The lowest BCUT2D eigenvalue weighted by Crippen LogP contribution is -2.47. The zero-order valence-electron chi connectivity index (χ0n) is 13.3. The van der Waals surface area contributed by atoms with Crippen molar-refractivity contribution in [2.75, 3.05) is 31.6 Å². The Balaban J connectivity index is 1.73. The number of carboxylic acid groups (broad SMARTS) is 1. The number of halogens is 1. The topological polar surface area (TPSA) is 88.1 Å². The van der Waals surface area contributed by atoms with E-state index in [-0.39, 0.29) is 18.5 Å². The van der Waals surface area contributed by atoms with Crippen LogP contribution in [-0.2, 0) is 4.79 Å². The van der Waals surface area contributed by atoms with Crippen LogP contribution in [0.1, 0.15) is 13.3 Å².